The second-order valence-corrected chi connectivity index (χ2v) is 12.3. The summed E-state index contributed by atoms with van der Waals surface area (Å²) in [4.78, 5) is 41.9. The van der Waals surface area contributed by atoms with Gasteiger partial charge in [-0.05, 0) is 54.3 Å². The normalized spacial score (nSPS) is 14.4. The van der Waals surface area contributed by atoms with Gasteiger partial charge in [-0.3, -0.25) is 14.9 Å². The van der Waals surface area contributed by atoms with Crippen LogP contribution in [0.3, 0.4) is 0 Å². The average molecular weight is 680 g/mol. The van der Waals surface area contributed by atoms with E-state index in [1.807, 2.05) is 54.6 Å². The summed E-state index contributed by atoms with van der Waals surface area (Å²) in [5.74, 6) is 0.581. The molecule has 1 saturated heterocycles. The molecule has 12 heteroatoms. The Kier molecular flexibility index (Phi) is 11.4. The number of aromatic amines is 1. The van der Waals surface area contributed by atoms with Crippen LogP contribution >= 0.6 is 0 Å². The van der Waals surface area contributed by atoms with Crippen LogP contribution in [-0.2, 0) is 11.3 Å². The van der Waals surface area contributed by atoms with E-state index in [9.17, 15) is 24.6 Å². The van der Waals surface area contributed by atoms with Gasteiger partial charge in [0.05, 0.1) is 30.4 Å². The first-order valence-corrected chi connectivity index (χ1v) is 16.7. The molecule has 12 nitrogen and oxygen atoms in total. The number of pyridine rings is 1. The van der Waals surface area contributed by atoms with E-state index >= 15 is 0 Å². The molecule has 0 saturated carbocycles. The van der Waals surface area contributed by atoms with Gasteiger partial charge in [-0.2, -0.15) is 0 Å². The number of nitrogens with one attached hydrogen (secondary N) is 4. The molecule has 6 rings (SSSR count). The number of rotatable bonds is 14. The van der Waals surface area contributed by atoms with Crippen molar-refractivity contribution < 1.29 is 29.0 Å². The predicted molar refractivity (Wildman–Crippen MR) is 190 cm³/mol. The van der Waals surface area contributed by atoms with E-state index in [4.69, 9.17) is 9.15 Å². The number of likely N-dealkylation sites (tertiary alicyclic amines) is 1. The molecule has 0 radical (unpaired) electrons. The fourth-order valence-electron chi connectivity index (χ4n) is 6.14. The zero-order chi connectivity index (χ0) is 34.9. The number of nitrogens with zero attached hydrogens (tertiary/aromatic N) is 1. The Bertz CT molecular complexity index is 1970. The summed E-state index contributed by atoms with van der Waals surface area (Å²) in [6.45, 7) is 3.59. The van der Waals surface area contributed by atoms with Gasteiger partial charge in [0.1, 0.15) is 17.6 Å². The Morgan fingerprint density at radius 3 is 2.54 bits per heavy atom. The smallest absolute Gasteiger partial charge is 0.411 e. The summed E-state index contributed by atoms with van der Waals surface area (Å²) in [5.41, 5.74) is 3.15. The number of Topliss-reactive ketones (excluding diaryl/α,β-unsaturated/α-hetero) is 1. The third kappa shape index (κ3) is 8.84. The molecule has 5 aromatic rings. The van der Waals surface area contributed by atoms with E-state index in [1.165, 1.54) is 12.1 Å². The SMILES string of the molecule is O=C(Nc1ccccc1-c1ccccc1)OC1CCN(CCNCC(=O)c2ccc(CNC[C@H](O)c3ccc(O)c4[nH]c(=O)ccc34)o2)CC1. The van der Waals surface area contributed by atoms with Crippen molar-refractivity contribution in [2.75, 3.05) is 44.6 Å². The number of ketones is 1. The van der Waals surface area contributed by atoms with Gasteiger partial charge in [-0.25, -0.2) is 4.79 Å². The molecular formula is C38H41N5O7. The van der Waals surface area contributed by atoms with Gasteiger partial charge in [-0.15, -0.1) is 0 Å². The number of phenols is 1. The molecule has 3 aromatic carbocycles. The Labute approximate surface area is 289 Å². The molecule has 0 unspecified atom stereocenters. The largest absolute Gasteiger partial charge is 0.506 e. The summed E-state index contributed by atoms with van der Waals surface area (Å²) in [6, 6.07) is 26.9. The van der Waals surface area contributed by atoms with Crippen molar-refractivity contribution in [2.24, 2.45) is 0 Å². The maximum atomic E-state index is 12.7. The number of ether oxygens (including phenoxy) is 1. The standard InChI is InChI=1S/C38H41N5O7/c44-32-13-11-29(30-12-15-36(47)42-37(30)32)33(45)23-40-22-27-10-14-35(49-27)34(46)24-39-18-21-43-19-16-26(17-20-43)50-38(48)41-31-9-5-4-8-28(31)25-6-2-1-3-7-25/h1-15,26,33,39-40,44-45H,16-24H2,(H,41,48)(H,42,47)/t33-/m0/s1. The molecule has 1 amide bonds. The Hall–Kier alpha value is -5.27. The molecule has 2 aromatic heterocycles. The number of piperidine rings is 1. The number of para-hydroxylation sites is 1. The lowest BCUT2D eigenvalue weighted by molar-refractivity contribution is 0.0593. The lowest BCUT2D eigenvalue weighted by Crippen LogP contribution is -2.42. The molecule has 260 valence electrons. The third-order valence-corrected chi connectivity index (χ3v) is 8.79. The molecule has 0 spiro atoms. The first-order valence-electron chi connectivity index (χ1n) is 16.7. The van der Waals surface area contributed by atoms with Gasteiger partial charge >= 0.3 is 6.09 Å². The topological polar surface area (TPSA) is 169 Å². The molecule has 1 atom stereocenters. The van der Waals surface area contributed by atoms with Crippen LogP contribution in [0.25, 0.3) is 22.0 Å². The molecule has 50 heavy (non-hydrogen) atoms. The van der Waals surface area contributed by atoms with E-state index < -0.39 is 12.2 Å². The molecule has 0 aliphatic carbocycles. The molecule has 1 aliphatic heterocycles. The molecular weight excluding hydrogens is 638 g/mol. The highest BCUT2D eigenvalue weighted by molar-refractivity contribution is 5.95. The van der Waals surface area contributed by atoms with Crippen LogP contribution in [0.2, 0.25) is 0 Å². The number of furan rings is 1. The highest BCUT2D eigenvalue weighted by Gasteiger charge is 2.23. The van der Waals surface area contributed by atoms with E-state index in [0.29, 0.717) is 35.5 Å². The van der Waals surface area contributed by atoms with Crippen LogP contribution in [-0.4, -0.2) is 77.3 Å². The lowest BCUT2D eigenvalue weighted by Gasteiger charge is -2.31. The maximum Gasteiger partial charge on any atom is 0.411 e. The highest BCUT2D eigenvalue weighted by atomic mass is 16.6. The number of aliphatic hydroxyl groups excluding tert-OH is 1. The zero-order valence-electron chi connectivity index (χ0n) is 27.6. The number of carbonyl (C=O) groups is 2. The number of fused-ring (bicyclic) bond motifs is 1. The number of aromatic hydroxyl groups is 1. The van der Waals surface area contributed by atoms with Crippen molar-refractivity contribution >= 4 is 28.5 Å². The van der Waals surface area contributed by atoms with Crippen molar-refractivity contribution in [2.45, 2.75) is 31.6 Å². The number of anilines is 1. The van der Waals surface area contributed by atoms with E-state index in [1.54, 1.807) is 24.3 Å². The van der Waals surface area contributed by atoms with Crippen LogP contribution in [0, 0.1) is 0 Å². The predicted octanol–water partition coefficient (Wildman–Crippen LogP) is 4.80. The molecule has 1 aliphatic rings. The number of phenolic OH excluding ortho intramolecular Hbond substituents is 1. The highest BCUT2D eigenvalue weighted by Crippen LogP contribution is 2.29. The first-order chi connectivity index (χ1) is 24.3. The van der Waals surface area contributed by atoms with Gasteiger partial charge < -0.3 is 39.9 Å². The fraction of sp³-hybridized carbons (Fsp3) is 0.289. The number of carbonyl (C=O) groups excluding carboxylic acids is 2. The Morgan fingerprint density at radius 1 is 0.940 bits per heavy atom. The van der Waals surface area contributed by atoms with Crippen molar-refractivity contribution in [3.05, 3.63) is 118 Å². The van der Waals surface area contributed by atoms with Crippen LogP contribution < -0.4 is 21.5 Å². The van der Waals surface area contributed by atoms with E-state index in [-0.39, 0.29) is 47.6 Å². The second kappa shape index (κ2) is 16.4. The number of hydrogen-bond donors (Lipinski definition) is 6. The molecule has 6 N–H and O–H groups in total. The number of amides is 1. The van der Waals surface area contributed by atoms with Crippen molar-refractivity contribution in [1.82, 2.24) is 20.5 Å². The van der Waals surface area contributed by atoms with Crippen molar-refractivity contribution in [1.29, 1.82) is 0 Å². The van der Waals surface area contributed by atoms with E-state index in [0.717, 1.165) is 43.6 Å². The fourth-order valence-corrected chi connectivity index (χ4v) is 6.14. The summed E-state index contributed by atoms with van der Waals surface area (Å²) in [7, 11) is 0. The quantitative estimate of drug-likeness (QED) is 0.0708. The van der Waals surface area contributed by atoms with Crippen LogP contribution in [0.5, 0.6) is 5.75 Å². The van der Waals surface area contributed by atoms with Gasteiger partial charge in [-0.1, -0.05) is 54.6 Å². The van der Waals surface area contributed by atoms with Gasteiger partial charge in [0.2, 0.25) is 11.3 Å². The Morgan fingerprint density at radius 2 is 1.72 bits per heavy atom. The van der Waals surface area contributed by atoms with Crippen molar-refractivity contribution in [3.63, 3.8) is 0 Å². The number of aromatic nitrogens is 1. The molecule has 0 bridgehead atoms. The molecule has 3 heterocycles. The summed E-state index contributed by atoms with van der Waals surface area (Å²) >= 11 is 0. The summed E-state index contributed by atoms with van der Waals surface area (Å²) < 4.78 is 11.5. The minimum absolute atomic E-state index is 0.0701. The molecule has 1 fully saturated rings. The van der Waals surface area contributed by atoms with Crippen molar-refractivity contribution in [3.8, 4) is 16.9 Å². The van der Waals surface area contributed by atoms with Gasteiger partial charge in [0, 0.05) is 49.7 Å². The third-order valence-electron chi connectivity index (χ3n) is 8.79. The zero-order valence-corrected chi connectivity index (χ0v) is 27.6. The van der Waals surface area contributed by atoms with E-state index in [2.05, 4.69) is 25.8 Å². The maximum absolute atomic E-state index is 12.7. The lowest BCUT2D eigenvalue weighted by atomic mass is 10.0. The Balaban J connectivity index is 0.867. The van der Waals surface area contributed by atoms with Gasteiger partial charge in [0.25, 0.3) is 0 Å². The number of benzene rings is 3. The minimum Gasteiger partial charge on any atom is -0.506 e. The number of aliphatic hydroxyl groups is 1. The monoisotopic (exact) mass is 679 g/mol. The second-order valence-electron chi connectivity index (χ2n) is 12.3. The van der Waals surface area contributed by atoms with Crippen LogP contribution in [0.15, 0.2) is 100 Å². The average Bonchev–Trinajstić information content (AvgIpc) is 3.61. The number of hydrogen-bond acceptors (Lipinski definition) is 10. The first kappa shape index (κ1) is 34.6. The summed E-state index contributed by atoms with van der Waals surface area (Å²) in [5, 5.41) is 30.6. The number of H-pyrrole nitrogens is 1. The van der Waals surface area contributed by atoms with Crippen LogP contribution in [0.1, 0.15) is 40.8 Å². The minimum atomic E-state index is -0.907. The van der Waals surface area contributed by atoms with Gasteiger partial charge in [0.15, 0.2) is 5.76 Å². The van der Waals surface area contributed by atoms with Crippen LogP contribution in [0.4, 0.5) is 10.5 Å². The summed E-state index contributed by atoms with van der Waals surface area (Å²) in [6.07, 6.45) is -0.0482.